The van der Waals surface area contributed by atoms with Crippen LogP contribution < -0.4 is 5.32 Å². The highest BCUT2D eigenvalue weighted by Gasteiger charge is 2.17. The van der Waals surface area contributed by atoms with Crippen molar-refractivity contribution in [3.8, 4) is 0 Å². The van der Waals surface area contributed by atoms with E-state index in [-0.39, 0.29) is 11.9 Å². The molecule has 1 atom stereocenters. The molecule has 0 aliphatic carbocycles. The summed E-state index contributed by atoms with van der Waals surface area (Å²) in [5.74, 6) is 0.570. The van der Waals surface area contributed by atoms with E-state index in [9.17, 15) is 4.39 Å². The molecule has 23 heavy (non-hydrogen) atoms. The average Bonchev–Trinajstić information content (AvgIpc) is 3.08. The number of aryl methyl sites for hydroxylation is 2. The molecule has 7 heteroatoms. The summed E-state index contributed by atoms with van der Waals surface area (Å²) in [6, 6.07) is 6.46. The van der Waals surface area contributed by atoms with Crippen molar-refractivity contribution in [2.24, 2.45) is 0 Å². The first kappa shape index (κ1) is 15.6. The molecule has 0 amide bonds. The Bertz CT molecular complexity index is 777. The van der Waals surface area contributed by atoms with Crippen molar-refractivity contribution in [1.29, 1.82) is 0 Å². The van der Waals surface area contributed by atoms with E-state index in [4.69, 9.17) is 4.52 Å². The van der Waals surface area contributed by atoms with E-state index in [0.717, 1.165) is 32.7 Å². The zero-order valence-corrected chi connectivity index (χ0v) is 13.9. The van der Waals surface area contributed by atoms with Gasteiger partial charge in [0, 0.05) is 12.0 Å². The highest BCUT2D eigenvalue weighted by Crippen LogP contribution is 2.27. The lowest BCUT2D eigenvalue weighted by atomic mass is 10.1. The minimum Gasteiger partial charge on any atom is -0.361 e. The zero-order valence-electron chi connectivity index (χ0n) is 13.1. The number of benzene rings is 1. The first-order chi connectivity index (χ1) is 11.0. The van der Waals surface area contributed by atoms with Gasteiger partial charge in [-0.2, -0.15) is 0 Å². The van der Waals surface area contributed by atoms with Crippen LogP contribution in [-0.4, -0.2) is 15.4 Å². The molecule has 0 aliphatic rings. The summed E-state index contributed by atoms with van der Waals surface area (Å²) in [7, 11) is 0. The van der Waals surface area contributed by atoms with E-state index in [0.29, 0.717) is 6.42 Å². The first-order valence-electron chi connectivity index (χ1n) is 7.29. The number of hydrogen-bond acceptors (Lipinski definition) is 6. The standard InChI is InChI=1S/C16H17FN4OS/c1-9(15-10(2)21-22-11(15)3)18-16-20-19-14(23-16)8-12-4-6-13(17)7-5-12/h4-7,9H,8H2,1-3H3,(H,18,20). The third kappa shape index (κ3) is 3.56. The number of halogens is 1. The zero-order chi connectivity index (χ0) is 16.4. The molecule has 3 rings (SSSR count). The van der Waals surface area contributed by atoms with Gasteiger partial charge in [0.1, 0.15) is 16.6 Å². The lowest BCUT2D eigenvalue weighted by Crippen LogP contribution is -2.08. The van der Waals surface area contributed by atoms with Gasteiger partial charge in [0.15, 0.2) is 0 Å². The molecule has 5 nitrogen and oxygen atoms in total. The van der Waals surface area contributed by atoms with E-state index < -0.39 is 0 Å². The van der Waals surface area contributed by atoms with Crippen LogP contribution in [0.15, 0.2) is 28.8 Å². The third-order valence-corrected chi connectivity index (χ3v) is 4.45. The Morgan fingerprint density at radius 3 is 2.61 bits per heavy atom. The summed E-state index contributed by atoms with van der Waals surface area (Å²) in [6.45, 7) is 5.85. The monoisotopic (exact) mass is 332 g/mol. The van der Waals surface area contributed by atoms with E-state index in [1.54, 1.807) is 12.1 Å². The molecule has 1 N–H and O–H groups in total. The molecule has 2 heterocycles. The quantitative estimate of drug-likeness (QED) is 0.764. The van der Waals surface area contributed by atoms with Gasteiger partial charge in [-0.1, -0.05) is 28.6 Å². The highest BCUT2D eigenvalue weighted by molar-refractivity contribution is 7.15. The van der Waals surface area contributed by atoms with Crippen LogP contribution in [0.25, 0.3) is 0 Å². The van der Waals surface area contributed by atoms with Crippen LogP contribution in [0.4, 0.5) is 9.52 Å². The van der Waals surface area contributed by atoms with Gasteiger partial charge in [-0.05, 0) is 38.5 Å². The van der Waals surface area contributed by atoms with Gasteiger partial charge in [-0.3, -0.25) is 0 Å². The number of hydrogen-bond donors (Lipinski definition) is 1. The van der Waals surface area contributed by atoms with Crippen LogP contribution in [0.2, 0.25) is 0 Å². The van der Waals surface area contributed by atoms with Crippen molar-refractivity contribution in [2.45, 2.75) is 33.2 Å². The third-order valence-electron chi connectivity index (χ3n) is 3.60. The predicted octanol–water partition coefficient (Wildman–Crippen LogP) is 4.05. The second-order valence-electron chi connectivity index (χ2n) is 5.41. The molecule has 0 aliphatic heterocycles. The molecule has 1 aromatic carbocycles. The molecular formula is C16H17FN4OS. The number of nitrogens with one attached hydrogen (secondary N) is 1. The molecular weight excluding hydrogens is 315 g/mol. The minimum absolute atomic E-state index is 0.0351. The Hall–Kier alpha value is -2.28. The van der Waals surface area contributed by atoms with Crippen LogP contribution in [0, 0.1) is 19.7 Å². The van der Waals surface area contributed by atoms with E-state index in [2.05, 4.69) is 20.7 Å². The van der Waals surface area contributed by atoms with Crippen LogP contribution in [0.1, 0.15) is 40.6 Å². The Morgan fingerprint density at radius 1 is 1.22 bits per heavy atom. The van der Waals surface area contributed by atoms with Gasteiger partial charge in [-0.25, -0.2) is 4.39 Å². The largest absolute Gasteiger partial charge is 0.361 e. The Balaban J connectivity index is 1.68. The van der Waals surface area contributed by atoms with Crippen molar-refractivity contribution in [3.63, 3.8) is 0 Å². The van der Waals surface area contributed by atoms with Gasteiger partial charge in [0.25, 0.3) is 0 Å². The maximum Gasteiger partial charge on any atom is 0.206 e. The van der Waals surface area contributed by atoms with E-state index >= 15 is 0 Å². The number of nitrogens with zero attached hydrogens (tertiary/aromatic N) is 3. The van der Waals surface area contributed by atoms with E-state index in [1.165, 1.54) is 23.5 Å². The summed E-state index contributed by atoms with van der Waals surface area (Å²) >= 11 is 1.49. The van der Waals surface area contributed by atoms with Crippen molar-refractivity contribution in [1.82, 2.24) is 15.4 Å². The lowest BCUT2D eigenvalue weighted by Gasteiger charge is -2.11. The van der Waals surface area contributed by atoms with Crippen LogP contribution in [-0.2, 0) is 6.42 Å². The maximum absolute atomic E-state index is 12.9. The second-order valence-corrected chi connectivity index (χ2v) is 6.47. The molecule has 1 unspecified atom stereocenters. The highest BCUT2D eigenvalue weighted by atomic mass is 32.1. The summed E-state index contributed by atoms with van der Waals surface area (Å²) in [6.07, 6.45) is 0.638. The number of aromatic nitrogens is 3. The fourth-order valence-corrected chi connectivity index (χ4v) is 3.39. The first-order valence-corrected chi connectivity index (χ1v) is 8.10. The van der Waals surface area contributed by atoms with Gasteiger partial charge in [-0.15, -0.1) is 10.2 Å². The van der Waals surface area contributed by atoms with Crippen molar-refractivity contribution >= 4 is 16.5 Å². The van der Waals surface area contributed by atoms with E-state index in [1.807, 2.05) is 20.8 Å². The van der Waals surface area contributed by atoms with Gasteiger partial charge in [0.2, 0.25) is 5.13 Å². The summed E-state index contributed by atoms with van der Waals surface area (Å²) in [5.41, 5.74) is 2.92. The van der Waals surface area contributed by atoms with Gasteiger partial charge < -0.3 is 9.84 Å². The normalized spacial score (nSPS) is 12.3. The molecule has 0 bridgehead atoms. The number of rotatable bonds is 5. The molecule has 3 aromatic rings. The van der Waals surface area contributed by atoms with Crippen molar-refractivity contribution in [3.05, 3.63) is 57.7 Å². The van der Waals surface area contributed by atoms with Gasteiger partial charge >= 0.3 is 0 Å². The fourth-order valence-electron chi connectivity index (χ4n) is 2.53. The Kier molecular flexibility index (Phi) is 4.38. The molecule has 0 fully saturated rings. The second kappa shape index (κ2) is 6.45. The number of anilines is 1. The smallest absolute Gasteiger partial charge is 0.206 e. The van der Waals surface area contributed by atoms with Crippen LogP contribution in [0.3, 0.4) is 0 Å². The topological polar surface area (TPSA) is 63.8 Å². The molecule has 2 aromatic heterocycles. The molecule has 0 radical (unpaired) electrons. The van der Waals surface area contributed by atoms with Crippen molar-refractivity contribution < 1.29 is 8.91 Å². The molecule has 120 valence electrons. The summed E-state index contributed by atoms with van der Waals surface area (Å²) < 4.78 is 18.1. The molecule has 0 saturated heterocycles. The van der Waals surface area contributed by atoms with Crippen LogP contribution in [0.5, 0.6) is 0 Å². The van der Waals surface area contributed by atoms with Gasteiger partial charge in [0.05, 0.1) is 11.7 Å². The summed E-state index contributed by atoms with van der Waals surface area (Å²) in [5, 5.41) is 17.3. The fraction of sp³-hybridized carbons (Fsp3) is 0.312. The Labute approximate surface area is 137 Å². The summed E-state index contributed by atoms with van der Waals surface area (Å²) in [4.78, 5) is 0. The molecule has 0 saturated carbocycles. The SMILES string of the molecule is Cc1noc(C)c1C(C)Nc1nnc(Cc2ccc(F)cc2)s1. The minimum atomic E-state index is -0.235. The predicted molar refractivity (Wildman–Crippen MR) is 87.1 cm³/mol. The Morgan fingerprint density at radius 2 is 1.96 bits per heavy atom. The molecule has 0 spiro atoms. The average molecular weight is 332 g/mol. The van der Waals surface area contributed by atoms with Crippen LogP contribution >= 0.6 is 11.3 Å². The maximum atomic E-state index is 12.9. The lowest BCUT2D eigenvalue weighted by molar-refractivity contribution is 0.392. The van der Waals surface area contributed by atoms with Crippen molar-refractivity contribution in [2.75, 3.05) is 5.32 Å².